The van der Waals surface area contributed by atoms with E-state index in [9.17, 15) is 8.78 Å². The Bertz CT molecular complexity index is 677. The predicted octanol–water partition coefficient (Wildman–Crippen LogP) is 3.74. The fourth-order valence-corrected chi connectivity index (χ4v) is 1.98. The van der Waals surface area contributed by atoms with Gasteiger partial charge < -0.3 is 15.8 Å². The van der Waals surface area contributed by atoms with Gasteiger partial charge in [0.1, 0.15) is 10.8 Å². The van der Waals surface area contributed by atoms with E-state index in [1.165, 1.54) is 24.3 Å². The van der Waals surface area contributed by atoms with Gasteiger partial charge in [0, 0.05) is 23.0 Å². The van der Waals surface area contributed by atoms with Gasteiger partial charge >= 0.3 is 0 Å². The third-order valence-electron chi connectivity index (χ3n) is 2.75. The molecule has 0 radical (unpaired) electrons. The van der Waals surface area contributed by atoms with Crippen molar-refractivity contribution in [1.82, 2.24) is 0 Å². The number of anilines is 2. The van der Waals surface area contributed by atoms with Gasteiger partial charge in [0.25, 0.3) is 0 Å². The van der Waals surface area contributed by atoms with Crippen LogP contribution in [0.1, 0.15) is 12.5 Å². The summed E-state index contributed by atoms with van der Waals surface area (Å²) in [6.07, 6.45) is 0. The number of thiocarbonyl (C=S) groups is 1. The molecular weight excluding hydrogens is 294 g/mol. The standard InChI is InChI=1S/C15H14F2N2OS/c1-2-20-14-6-4-10(8-13(14)17)19-9-3-5-11(15(18)21)12(16)7-9/h3-8,19H,2H2,1H3,(H2,18,21). The molecule has 3 N–H and O–H groups in total. The average molecular weight is 308 g/mol. The summed E-state index contributed by atoms with van der Waals surface area (Å²) in [4.78, 5) is -0.00818. The number of nitrogens with one attached hydrogen (secondary N) is 1. The quantitative estimate of drug-likeness (QED) is 0.826. The van der Waals surface area contributed by atoms with Gasteiger partial charge in [0.2, 0.25) is 0 Å². The van der Waals surface area contributed by atoms with Crippen molar-refractivity contribution >= 4 is 28.6 Å². The fourth-order valence-electron chi connectivity index (χ4n) is 1.81. The topological polar surface area (TPSA) is 47.3 Å². The molecule has 6 heteroatoms. The highest BCUT2D eigenvalue weighted by atomic mass is 32.1. The zero-order chi connectivity index (χ0) is 15.4. The smallest absolute Gasteiger partial charge is 0.167 e. The molecular formula is C15H14F2N2OS. The van der Waals surface area contributed by atoms with Gasteiger partial charge in [-0.15, -0.1) is 0 Å². The first kappa shape index (κ1) is 15.2. The zero-order valence-corrected chi connectivity index (χ0v) is 12.1. The molecule has 2 rings (SSSR count). The van der Waals surface area contributed by atoms with Crippen LogP contribution in [0.5, 0.6) is 5.75 Å². The molecule has 0 amide bonds. The Balaban J connectivity index is 2.20. The number of halogens is 2. The predicted molar refractivity (Wildman–Crippen MR) is 83.1 cm³/mol. The first-order chi connectivity index (χ1) is 10.0. The third kappa shape index (κ3) is 3.66. The number of hydrogen-bond donors (Lipinski definition) is 2. The summed E-state index contributed by atoms with van der Waals surface area (Å²) in [6, 6.07) is 8.79. The number of benzene rings is 2. The first-order valence-corrected chi connectivity index (χ1v) is 6.70. The van der Waals surface area contributed by atoms with Gasteiger partial charge in [-0.2, -0.15) is 0 Å². The van der Waals surface area contributed by atoms with Crippen molar-refractivity contribution in [2.24, 2.45) is 5.73 Å². The maximum absolute atomic E-state index is 13.7. The van der Waals surface area contributed by atoms with Crippen molar-refractivity contribution in [3.05, 3.63) is 53.6 Å². The van der Waals surface area contributed by atoms with Gasteiger partial charge in [-0.3, -0.25) is 0 Å². The van der Waals surface area contributed by atoms with Gasteiger partial charge in [-0.1, -0.05) is 12.2 Å². The van der Waals surface area contributed by atoms with Crippen molar-refractivity contribution < 1.29 is 13.5 Å². The Hall–Kier alpha value is -2.21. The highest BCUT2D eigenvalue weighted by Crippen LogP contribution is 2.24. The largest absolute Gasteiger partial charge is 0.491 e. The molecule has 0 saturated heterocycles. The monoisotopic (exact) mass is 308 g/mol. The lowest BCUT2D eigenvalue weighted by Crippen LogP contribution is -2.11. The van der Waals surface area contributed by atoms with Crippen molar-refractivity contribution in [2.45, 2.75) is 6.92 Å². The minimum Gasteiger partial charge on any atom is -0.491 e. The minimum absolute atomic E-state index is 0.00818. The molecule has 3 nitrogen and oxygen atoms in total. The van der Waals surface area contributed by atoms with Crippen LogP contribution in [0.4, 0.5) is 20.2 Å². The van der Waals surface area contributed by atoms with Crippen LogP contribution in [0.3, 0.4) is 0 Å². The minimum atomic E-state index is -0.529. The van der Waals surface area contributed by atoms with Crippen LogP contribution in [0.2, 0.25) is 0 Å². The van der Waals surface area contributed by atoms with Crippen LogP contribution >= 0.6 is 12.2 Å². The number of ether oxygens (including phenoxy) is 1. The molecule has 0 fully saturated rings. The number of nitrogens with two attached hydrogens (primary N) is 1. The Kier molecular flexibility index (Phi) is 4.70. The third-order valence-corrected chi connectivity index (χ3v) is 2.97. The first-order valence-electron chi connectivity index (χ1n) is 6.30. The molecule has 21 heavy (non-hydrogen) atoms. The summed E-state index contributed by atoms with van der Waals surface area (Å²) in [5, 5.41) is 2.90. The molecule has 0 aliphatic carbocycles. The van der Waals surface area contributed by atoms with Gasteiger partial charge in [0.05, 0.1) is 6.61 Å². The fraction of sp³-hybridized carbons (Fsp3) is 0.133. The summed E-state index contributed by atoms with van der Waals surface area (Å²) >= 11 is 4.73. The van der Waals surface area contributed by atoms with Crippen LogP contribution in [0, 0.1) is 11.6 Å². The van der Waals surface area contributed by atoms with E-state index in [1.807, 2.05) is 0 Å². The molecule has 0 aliphatic heterocycles. The molecule has 0 aromatic heterocycles. The van der Waals surface area contributed by atoms with E-state index in [-0.39, 0.29) is 16.3 Å². The van der Waals surface area contributed by atoms with Crippen molar-refractivity contribution in [2.75, 3.05) is 11.9 Å². The van der Waals surface area contributed by atoms with E-state index in [4.69, 9.17) is 22.7 Å². The summed E-state index contributed by atoms with van der Waals surface area (Å²) in [5.41, 5.74) is 6.52. The molecule has 0 unspecified atom stereocenters. The lowest BCUT2D eigenvalue weighted by atomic mass is 10.2. The second-order valence-corrected chi connectivity index (χ2v) is 4.70. The lowest BCUT2D eigenvalue weighted by molar-refractivity contribution is 0.321. The Morgan fingerprint density at radius 2 is 1.76 bits per heavy atom. The molecule has 2 aromatic rings. The van der Waals surface area contributed by atoms with E-state index in [1.54, 1.807) is 19.1 Å². The molecule has 110 valence electrons. The second-order valence-electron chi connectivity index (χ2n) is 4.26. The summed E-state index contributed by atoms with van der Waals surface area (Å²) in [6.45, 7) is 2.16. The van der Waals surface area contributed by atoms with Crippen LogP contribution < -0.4 is 15.8 Å². The number of hydrogen-bond acceptors (Lipinski definition) is 3. The van der Waals surface area contributed by atoms with Gasteiger partial charge in [0.15, 0.2) is 11.6 Å². The summed E-state index contributed by atoms with van der Waals surface area (Å²) in [7, 11) is 0. The Morgan fingerprint density at radius 1 is 1.14 bits per heavy atom. The van der Waals surface area contributed by atoms with E-state index in [0.717, 1.165) is 0 Å². The molecule has 0 spiro atoms. The summed E-state index contributed by atoms with van der Waals surface area (Å²) < 4.78 is 32.6. The van der Waals surface area contributed by atoms with Crippen LogP contribution in [-0.4, -0.2) is 11.6 Å². The maximum Gasteiger partial charge on any atom is 0.167 e. The Morgan fingerprint density at radius 3 is 2.29 bits per heavy atom. The van der Waals surface area contributed by atoms with Crippen molar-refractivity contribution in [1.29, 1.82) is 0 Å². The van der Waals surface area contributed by atoms with Crippen molar-refractivity contribution in [3.63, 3.8) is 0 Å². The summed E-state index contributed by atoms with van der Waals surface area (Å²) in [5.74, 6) is -0.834. The lowest BCUT2D eigenvalue weighted by Gasteiger charge is -2.10. The van der Waals surface area contributed by atoms with E-state index >= 15 is 0 Å². The van der Waals surface area contributed by atoms with Gasteiger partial charge in [-0.05, 0) is 37.3 Å². The molecule has 0 saturated carbocycles. The molecule has 0 heterocycles. The highest BCUT2D eigenvalue weighted by molar-refractivity contribution is 7.80. The molecule has 0 atom stereocenters. The zero-order valence-electron chi connectivity index (χ0n) is 11.3. The van der Waals surface area contributed by atoms with E-state index in [2.05, 4.69) is 5.32 Å². The normalized spacial score (nSPS) is 10.2. The average Bonchev–Trinajstić information content (AvgIpc) is 2.41. The van der Waals surface area contributed by atoms with Gasteiger partial charge in [-0.25, -0.2) is 8.78 Å². The van der Waals surface area contributed by atoms with Crippen molar-refractivity contribution in [3.8, 4) is 5.75 Å². The SMILES string of the molecule is CCOc1ccc(Nc2ccc(C(N)=S)c(F)c2)cc1F. The van der Waals surface area contributed by atoms with Crippen LogP contribution in [-0.2, 0) is 0 Å². The second kappa shape index (κ2) is 6.49. The highest BCUT2D eigenvalue weighted by Gasteiger charge is 2.08. The number of rotatable bonds is 5. The molecule has 2 aromatic carbocycles. The van der Waals surface area contributed by atoms with Crippen LogP contribution in [0.25, 0.3) is 0 Å². The van der Waals surface area contributed by atoms with E-state index < -0.39 is 11.6 Å². The Labute approximate surface area is 126 Å². The van der Waals surface area contributed by atoms with Crippen LogP contribution in [0.15, 0.2) is 36.4 Å². The maximum atomic E-state index is 13.7. The van der Waals surface area contributed by atoms with E-state index in [0.29, 0.717) is 18.0 Å². The molecule has 0 aliphatic rings. The molecule has 0 bridgehead atoms.